The zero-order valence-corrected chi connectivity index (χ0v) is 13.9. The highest BCUT2D eigenvalue weighted by Crippen LogP contribution is 2.33. The summed E-state index contributed by atoms with van der Waals surface area (Å²) in [5, 5.41) is 9.14. The van der Waals surface area contributed by atoms with E-state index < -0.39 is 28.6 Å². The van der Waals surface area contributed by atoms with Crippen LogP contribution in [0.1, 0.15) is 11.1 Å². The van der Waals surface area contributed by atoms with Crippen LogP contribution >= 0.6 is 23.2 Å². The summed E-state index contributed by atoms with van der Waals surface area (Å²) in [6.45, 7) is 2.73. The van der Waals surface area contributed by atoms with Crippen molar-refractivity contribution in [2.75, 3.05) is 13.7 Å². The number of halogens is 2. The molecule has 9 heteroatoms. The first kappa shape index (κ1) is 18.2. The maximum atomic E-state index is 12.3. The smallest absolute Gasteiger partial charge is 0.334 e. The molecule has 0 saturated carbocycles. The first-order chi connectivity index (χ1) is 9.61. The van der Waals surface area contributed by atoms with Gasteiger partial charge in [-0.15, -0.1) is 0 Å². The van der Waals surface area contributed by atoms with Gasteiger partial charge in [0.15, 0.2) is 6.10 Å². The van der Waals surface area contributed by atoms with Gasteiger partial charge in [0.05, 0.1) is 5.02 Å². The zero-order chi connectivity index (χ0) is 16.4. The van der Waals surface area contributed by atoms with Gasteiger partial charge in [0.25, 0.3) is 0 Å². The van der Waals surface area contributed by atoms with Crippen LogP contribution in [0.4, 0.5) is 0 Å². The minimum Gasteiger partial charge on any atom is -0.479 e. The Balaban J connectivity index is 3.18. The molecule has 1 atom stereocenters. The fraction of sp³-hybridized carbons (Fsp3) is 0.417. The molecule has 21 heavy (non-hydrogen) atoms. The summed E-state index contributed by atoms with van der Waals surface area (Å²) in [6, 6.07) is 1.56. The summed E-state index contributed by atoms with van der Waals surface area (Å²) in [6.07, 6.45) is -1.29. The lowest BCUT2D eigenvalue weighted by molar-refractivity contribution is -0.147. The Morgan fingerprint density at radius 2 is 2.00 bits per heavy atom. The largest absolute Gasteiger partial charge is 0.479 e. The molecule has 0 amide bonds. The van der Waals surface area contributed by atoms with Crippen LogP contribution in [0.25, 0.3) is 0 Å². The van der Waals surface area contributed by atoms with Gasteiger partial charge in [0.2, 0.25) is 10.0 Å². The van der Waals surface area contributed by atoms with Gasteiger partial charge in [-0.3, -0.25) is 0 Å². The number of hydrogen-bond acceptors (Lipinski definition) is 4. The van der Waals surface area contributed by atoms with E-state index in [9.17, 15) is 13.2 Å². The SMILES string of the molecule is COC(CNS(=O)(=O)c1c(C)c(Cl)cc(C)c1Cl)C(=O)O. The Bertz CT molecular complexity index is 634. The highest BCUT2D eigenvalue weighted by atomic mass is 35.5. The molecule has 0 bridgehead atoms. The van der Waals surface area contributed by atoms with E-state index in [4.69, 9.17) is 28.3 Å². The molecule has 0 fully saturated rings. The number of aliphatic carboxylic acids is 1. The number of nitrogens with one attached hydrogen (secondary N) is 1. The molecule has 0 aromatic heterocycles. The Hall–Kier alpha value is -0.860. The number of carboxylic acids is 1. The molecule has 0 aliphatic rings. The van der Waals surface area contributed by atoms with Crippen LogP contribution in [0, 0.1) is 13.8 Å². The van der Waals surface area contributed by atoms with Gasteiger partial charge in [-0.1, -0.05) is 23.2 Å². The summed E-state index contributed by atoms with van der Waals surface area (Å²) in [5.41, 5.74) is 0.804. The Labute approximate surface area is 133 Å². The molecule has 1 aromatic rings. The van der Waals surface area contributed by atoms with Crippen molar-refractivity contribution in [2.24, 2.45) is 0 Å². The topological polar surface area (TPSA) is 92.7 Å². The number of ether oxygens (including phenoxy) is 1. The maximum absolute atomic E-state index is 12.3. The molecule has 0 radical (unpaired) electrons. The van der Waals surface area contributed by atoms with Crippen molar-refractivity contribution < 1.29 is 23.1 Å². The van der Waals surface area contributed by atoms with E-state index in [0.29, 0.717) is 11.1 Å². The second-order valence-electron chi connectivity index (χ2n) is 4.36. The Kier molecular flexibility index (Phi) is 6.01. The second-order valence-corrected chi connectivity index (χ2v) is 6.85. The van der Waals surface area contributed by atoms with E-state index in [1.165, 1.54) is 14.0 Å². The van der Waals surface area contributed by atoms with Gasteiger partial charge < -0.3 is 9.84 Å². The molecule has 118 valence electrons. The van der Waals surface area contributed by atoms with Crippen LogP contribution in [-0.2, 0) is 19.6 Å². The number of carboxylic acid groups (broad SMARTS) is 1. The van der Waals surface area contributed by atoms with Crippen LogP contribution < -0.4 is 4.72 Å². The van der Waals surface area contributed by atoms with Crippen molar-refractivity contribution >= 4 is 39.2 Å². The molecule has 0 heterocycles. The number of methoxy groups -OCH3 is 1. The molecule has 1 unspecified atom stereocenters. The number of aryl methyl sites for hydroxylation is 1. The summed E-state index contributed by atoms with van der Waals surface area (Å²) >= 11 is 12.0. The van der Waals surface area contributed by atoms with Crippen LogP contribution in [0.5, 0.6) is 0 Å². The lowest BCUT2D eigenvalue weighted by atomic mass is 10.2. The van der Waals surface area contributed by atoms with Crippen LogP contribution in [0.15, 0.2) is 11.0 Å². The number of carbonyl (C=O) groups is 1. The highest BCUT2D eigenvalue weighted by Gasteiger charge is 2.26. The van der Waals surface area contributed by atoms with Crippen LogP contribution in [0.2, 0.25) is 10.0 Å². The van der Waals surface area contributed by atoms with Crippen molar-refractivity contribution in [3.63, 3.8) is 0 Å². The standard InChI is InChI=1S/C12H15Cl2NO5S/c1-6-4-8(13)7(2)11(10(6)14)21(18,19)15-5-9(20-3)12(16)17/h4,9,15H,5H2,1-3H3,(H,16,17). The molecule has 1 aromatic carbocycles. The molecular formula is C12H15Cl2NO5S. The number of sulfonamides is 1. The molecule has 0 spiro atoms. The second kappa shape index (κ2) is 6.93. The van der Waals surface area contributed by atoms with Crippen LogP contribution in [0.3, 0.4) is 0 Å². The minimum absolute atomic E-state index is 0.0497. The predicted octanol–water partition coefficient (Wildman–Crippen LogP) is 1.99. The third-order valence-electron chi connectivity index (χ3n) is 2.88. The third kappa shape index (κ3) is 4.08. The van der Waals surface area contributed by atoms with Gasteiger partial charge in [-0.05, 0) is 31.0 Å². The van der Waals surface area contributed by atoms with E-state index in [1.54, 1.807) is 13.0 Å². The fourth-order valence-electron chi connectivity index (χ4n) is 1.66. The maximum Gasteiger partial charge on any atom is 0.334 e. The van der Waals surface area contributed by atoms with E-state index in [1.807, 2.05) is 0 Å². The lowest BCUT2D eigenvalue weighted by Crippen LogP contribution is -2.38. The highest BCUT2D eigenvalue weighted by molar-refractivity contribution is 7.89. The van der Waals surface area contributed by atoms with E-state index in [-0.39, 0.29) is 14.9 Å². The van der Waals surface area contributed by atoms with Gasteiger partial charge in [-0.2, -0.15) is 0 Å². The molecule has 2 N–H and O–H groups in total. The monoisotopic (exact) mass is 355 g/mol. The van der Waals surface area contributed by atoms with E-state index >= 15 is 0 Å². The Morgan fingerprint density at radius 3 is 2.48 bits per heavy atom. The van der Waals surface area contributed by atoms with E-state index in [0.717, 1.165) is 0 Å². The van der Waals surface area contributed by atoms with Crippen molar-refractivity contribution in [1.29, 1.82) is 0 Å². The molecular weight excluding hydrogens is 341 g/mol. The first-order valence-corrected chi connectivity index (χ1v) is 8.06. The normalized spacial score (nSPS) is 13.2. The molecule has 1 rings (SSSR count). The van der Waals surface area contributed by atoms with Crippen molar-refractivity contribution in [3.8, 4) is 0 Å². The first-order valence-electron chi connectivity index (χ1n) is 5.82. The number of rotatable bonds is 6. The molecule has 0 aliphatic heterocycles. The quantitative estimate of drug-likeness (QED) is 0.813. The zero-order valence-electron chi connectivity index (χ0n) is 11.6. The fourth-order valence-corrected chi connectivity index (χ4v) is 3.90. The minimum atomic E-state index is -4.02. The van der Waals surface area contributed by atoms with Gasteiger partial charge >= 0.3 is 5.97 Å². The summed E-state index contributed by atoms with van der Waals surface area (Å²) in [4.78, 5) is 10.7. The number of benzene rings is 1. The van der Waals surface area contributed by atoms with Crippen LogP contribution in [-0.4, -0.2) is 39.3 Å². The molecule has 6 nitrogen and oxygen atoms in total. The third-order valence-corrected chi connectivity index (χ3v) is 5.46. The summed E-state index contributed by atoms with van der Waals surface area (Å²) in [7, 11) is -2.84. The van der Waals surface area contributed by atoms with Crippen molar-refractivity contribution in [2.45, 2.75) is 24.8 Å². The Morgan fingerprint density at radius 1 is 1.43 bits per heavy atom. The van der Waals surface area contributed by atoms with Gasteiger partial charge in [0.1, 0.15) is 4.90 Å². The van der Waals surface area contributed by atoms with E-state index in [2.05, 4.69) is 9.46 Å². The number of hydrogen-bond donors (Lipinski definition) is 2. The molecule has 0 saturated heterocycles. The summed E-state index contributed by atoms with van der Waals surface area (Å²) in [5.74, 6) is -1.27. The average molecular weight is 356 g/mol. The van der Waals surface area contributed by atoms with Crippen molar-refractivity contribution in [3.05, 3.63) is 27.2 Å². The average Bonchev–Trinajstić information content (AvgIpc) is 2.36. The lowest BCUT2D eigenvalue weighted by Gasteiger charge is -2.16. The predicted molar refractivity (Wildman–Crippen MR) is 79.6 cm³/mol. The summed E-state index contributed by atoms with van der Waals surface area (Å²) < 4.78 is 31.5. The van der Waals surface area contributed by atoms with Gasteiger partial charge in [-0.25, -0.2) is 17.9 Å². The van der Waals surface area contributed by atoms with Crippen molar-refractivity contribution in [1.82, 2.24) is 4.72 Å². The molecule has 0 aliphatic carbocycles. The van der Waals surface area contributed by atoms with Gasteiger partial charge in [0, 0.05) is 18.7 Å².